The fraction of sp³-hybridized carbons (Fsp3) is 0.348. The Hall–Kier alpha value is -3.24. The lowest BCUT2D eigenvalue weighted by atomic mass is 9.95. The molecule has 1 fully saturated rings. The highest BCUT2D eigenvalue weighted by atomic mass is 32.2. The molecule has 4 rings (SSSR count). The van der Waals surface area contributed by atoms with Gasteiger partial charge in [0.05, 0.1) is 17.1 Å². The number of ketones is 1. The number of piperidine rings is 1. The molecule has 1 saturated heterocycles. The first-order valence-corrected chi connectivity index (χ1v) is 12.1. The van der Waals surface area contributed by atoms with E-state index in [-0.39, 0.29) is 36.2 Å². The quantitative estimate of drug-likeness (QED) is 0.660. The number of fused-ring (bicyclic) bond motifs is 1. The second kappa shape index (κ2) is 8.95. The van der Waals surface area contributed by atoms with Crippen LogP contribution in [0.3, 0.4) is 0 Å². The van der Waals surface area contributed by atoms with Crippen molar-refractivity contribution in [1.82, 2.24) is 4.31 Å². The zero-order valence-electron chi connectivity index (χ0n) is 18.1. The van der Waals surface area contributed by atoms with Gasteiger partial charge in [0.1, 0.15) is 5.75 Å². The minimum atomic E-state index is -3.73. The van der Waals surface area contributed by atoms with Gasteiger partial charge < -0.3 is 15.4 Å². The molecule has 10 heteroatoms. The Morgan fingerprint density at radius 3 is 2.24 bits per heavy atom. The van der Waals surface area contributed by atoms with Crippen molar-refractivity contribution in [3.63, 3.8) is 0 Å². The molecule has 0 bridgehead atoms. The molecule has 0 unspecified atom stereocenters. The SMILES string of the molecule is CC(=O)c1ccc(S(=O)(=O)N2CCC(C(=O)N3C[C@H](C(N)=O)Oc4ccccc43)CC2)cc1. The second-order valence-corrected chi connectivity index (χ2v) is 10.1. The smallest absolute Gasteiger partial charge is 0.260 e. The van der Waals surface area contributed by atoms with Gasteiger partial charge in [-0.05, 0) is 44.0 Å². The van der Waals surface area contributed by atoms with Crippen molar-refractivity contribution in [3.05, 3.63) is 54.1 Å². The van der Waals surface area contributed by atoms with E-state index in [1.165, 1.54) is 40.4 Å². The molecule has 2 amide bonds. The van der Waals surface area contributed by atoms with Gasteiger partial charge >= 0.3 is 0 Å². The largest absolute Gasteiger partial charge is 0.477 e. The summed E-state index contributed by atoms with van der Waals surface area (Å²) in [5.74, 6) is -0.952. The number of benzene rings is 2. The number of nitrogens with zero attached hydrogens (tertiary/aromatic N) is 2. The Morgan fingerprint density at radius 1 is 1.00 bits per heavy atom. The van der Waals surface area contributed by atoms with Gasteiger partial charge in [-0.2, -0.15) is 4.31 Å². The monoisotopic (exact) mass is 471 g/mol. The molecule has 2 aliphatic rings. The van der Waals surface area contributed by atoms with Gasteiger partial charge in [0, 0.05) is 24.6 Å². The van der Waals surface area contributed by atoms with Crippen molar-refractivity contribution in [1.29, 1.82) is 0 Å². The number of hydrogen-bond donors (Lipinski definition) is 1. The average molecular weight is 472 g/mol. The van der Waals surface area contributed by atoms with Crippen LogP contribution >= 0.6 is 0 Å². The maximum absolute atomic E-state index is 13.3. The molecule has 1 atom stereocenters. The minimum Gasteiger partial charge on any atom is -0.477 e. The fourth-order valence-corrected chi connectivity index (χ4v) is 5.64. The number of carbonyl (C=O) groups excluding carboxylic acids is 3. The van der Waals surface area contributed by atoms with Gasteiger partial charge in [0.15, 0.2) is 11.9 Å². The first kappa shape index (κ1) is 22.9. The van der Waals surface area contributed by atoms with E-state index >= 15 is 0 Å². The summed E-state index contributed by atoms with van der Waals surface area (Å²) in [4.78, 5) is 38.1. The van der Waals surface area contributed by atoms with Gasteiger partial charge in [0.2, 0.25) is 15.9 Å². The van der Waals surface area contributed by atoms with Crippen molar-refractivity contribution >= 4 is 33.3 Å². The zero-order valence-corrected chi connectivity index (χ0v) is 19.0. The van der Waals surface area contributed by atoms with Crippen LogP contribution in [0.2, 0.25) is 0 Å². The maximum Gasteiger partial charge on any atom is 0.260 e. The Labute approximate surface area is 192 Å². The number of hydrogen-bond acceptors (Lipinski definition) is 6. The molecule has 2 N–H and O–H groups in total. The molecular formula is C23H25N3O6S. The highest BCUT2D eigenvalue weighted by Crippen LogP contribution is 2.35. The molecule has 33 heavy (non-hydrogen) atoms. The van der Waals surface area contributed by atoms with Gasteiger partial charge in [0.25, 0.3) is 5.91 Å². The van der Waals surface area contributed by atoms with Crippen LogP contribution in [0.4, 0.5) is 5.69 Å². The zero-order chi connectivity index (χ0) is 23.8. The summed E-state index contributed by atoms with van der Waals surface area (Å²) < 4.78 is 33.0. The lowest BCUT2D eigenvalue weighted by Gasteiger charge is -2.37. The van der Waals surface area contributed by atoms with Crippen LogP contribution in [-0.4, -0.2) is 56.1 Å². The van der Waals surface area contributed by atoms with Crippen molar-refractivity contribution in [2.45, 2.75) is 30.8 Å². The average Bonchev–Trinajstić information content (AvgIpc) is 2.83. The van der Waals surface area contributed by atoms with Crippen molar-refractivity contribution in [2.24, 2.45) is 11.7 Å². The number of Topliss-reactive ketones (excluding diaryl/α,β-unsaturated/α-hetero) is 1. The normalized spacial score (nSPS) is 19.4. The summed E-state index contributed by atoms with van der Waals surface area (Å²) in [6, 6.07) is 12.8. The Morgan fingerprint density at radius 2 is 1.64 bits per heavy atom. The van der Waals surface area contributed by atoms with Crippen LogP contribution in [0.15, 0.2) is 53.4 Å². The lowest BCUT2D eigenvalue weighted by Crippen LogP contribution is -2.52. The maximum atomic E-state index is 13.3. The Bertz CT molecular complexity index is 1190. The number of anilines is 1. The highest BCUT2D eigenvalue weighted by molar-refractivity contribution is 7.89. The standard InChI is InChI=1S/C23H25N3O6S/c1-15(27)16-6-8-18(9-7-16)33(30,31)25-12-10-17(11-13-25)23(29)26-14-21(22(24)28)32-20-5-3-2-4-19(20)26/h2-9,17,21H,10-14H2,1H3,(H2,24,28)/t21-/m1/s1. The molecule has 2 aromatic carbocycles. The molecule has 0 aromatic heterocycles. The summed E-state index contributed by atoms with van der Waals surface area (Å²) in [5.41, 5.74) is 6.43. The van der Waals surface area contributed by atoms with Gasteiger partial charge in [-0.25, -0.2) is 8.42 Å². The van der Waals surface area contributed by atoms with Gasteiger partial charge in [-0.3, -0.25) is 14.4 Å². The summed E-state index contributed by atoms with van der Waals surface area (Å²) >= 11 is 0. The summed E-state index contributed by atoms with van der Waals surface area (Å²) in [5, 5.41) is 0. The molecule has 0 spiro atoms. The number of sulfonamides is 1. The number of primary amides is 1. The molecule has 2 aromatic rings. The molecule has 0 radical (unpaired) electrons. The topological polar surface area (TPSA) is 127 Å². The predicted octanol–water partition coefficient (Wildman–Crippen LogP) is 1.57. The molecule has 174 valence electrons. The fourth-order valence-electron chi connectivity index (χ4n) is 4.17. The third-order valence-corrected chi connectivity index (χ3v) is 7.97. The van der Waals surface area contributed by atoms with Crippen LogP contribution in [-0.2, 0) is 19.6 Å². The summed E-state index contributed by atoms with van der Waals surface area (Å²) in [6.07, 6.45) is -0.239. The summed E-state index contributed by atoms with van der Waals surface area (Å²) in [6.45, 7) is 1.83. The molecule has 2 heterocycles. The van der Waals surface area contributed by atoms with E-state index < -0.39 is 28.0 Å². The second-order valence-electron chi connectivity index (χ2n) is 8.18. The van der Waals surface area contributed by atoms with Crippen LogP contribution in [0.1, 0.15) is 30.1 Å². The third-order valence-electron chi connectivity index (χ3n) is 6.06. The van der Waals surface area contributed by atoms with E-state index in [0.29, 0.717) is 29.8 Å². The predicted molar refractivity (Wildman–Crippen MR) is 120 cm³/mol. The first-order chi connectivity index (χ1) is 15.7. The highest BCUT2D eigenvalue weighted by Gasteiger charge is 2.38. The molecular weight excluding hydrogens is 446 g/mol. The number of para-hydroxylation sites is 2. The third kappa shape index (κ3) is 4.49. The molecule has 9 nitrogen and oxygen atoms in total. The number of ether oxygens (including phenoxy) is 1. The summed E-state index contributed by atoms with van der Waals surface area (Å²) in [7, 11) is -3.73. The van der Waals surface area contributed by atoms with Crippen LogP contribution in [0.25, 0.3) is 0 Å². The molecule has 0 saturated carbocycles. The van der Waals surface area contributed by atoms with Gasteiger partial charge in [-0.15, -0.1) is 0 Å². The van der Waals surface area contributed by atoms with Gasteiger partial charge in [-0.1, -0.05) is 24.3 Å². The lowest BCUT2D eigenvalue weighted by molar-refractivity contribution is -0.126. The number of carbonyl (C=O) groups is 3. The van der Waals surface area contributed by atoms with E-state index in [9.17, 15) is 22.8 Å². The van der Waals surface area contributed by atoms with E-state index in [4.69, 9.17) is 10.5 Å². The van der Waals surface area contributed by atoms with Crippen LogP contribution in [0, 0.1) is 5.92 Å². The number of nitrogens with two attached hydrogens (primary N) is 1. The first-order valence-electron chi connectivity index (χ1n) is 10.7. The Kier molecular flexibility index (Phi) is 6.22. The van der Waals surface area contributed by atoms with Crippen LogP contribution < -0.4 is 15.4 Å². The molecule has 2 aliphatic heterocycles. The van der Waals surface area contributed by atoms with Crippen molar-refractivity contribution in [3.8, 4) is 5.75 Å². The van der Waals surface area contributed by atoms with E-state index in [2.05, 4.69) is 0 Å². The van der Waals surface area contributed by atoms with E-state index in [0.717, 1.165) is 0 Å². The van der Waals surface area contributed by atoms with Crippen molar-refractivity contribution < 1.29 is 27.5 Å². The minimum absolute atomic E-state index is 0.0200. The van der Waals surface area contributed by atoms with Crippen LogP contribution in [0.5, 0.6) is 5.75 Å². The van der Waals surface area contributed by atoms with E-state index in [1.54, 1.807) is 24.3 Å². The van der Waals surface area contributed by atoms with E-state index in [1.807, 2.05) is 0 Å². The van der Waals surface area contributed by atoms with Crippen molar-refractivity contribution in [2.75, 3.05) is 24.5 Å². The molecule has 0 aliphatic carbocycles. The Balaban J connectivity index is 1.47. The number of amides is 2. The number of rotatable bonds is 5.